The van der Waals surface area contributed by atoms with E-state index in [0.29, 0.717) is 35.7 Å². The van der Waals surface area contributed by atoms with Crippen molar-refractivity contribution in [1.82, 2.24) is 0 Å². The number of amides is 1. The molecule has 0 spiro atoms. The van der Waals surface area contributed by atoms with Crippen LogP contribution in [0.2, 0.25) is 0 Å². The van der Waals surface area contributed by atoms with E-state index in [4.69, 9.17) is 14.2 Å². The number of anilines is 1. The highest BCUT2D eigenvalue weighted by Gasteiger charge is 2.44. The summed E-state index contributed by atoms with van der Waals surface area (Å²) < 4.78 is 16.5. The van der Waals surface area contributed by atoms with Crippen molar-refractivity contribution < 1.29 is 23.8 Å². The van der Waals surface area contributed by atoms with Crippen molar-refractivity contribution in [3.63, 3.8) is 0 Å². The second-order valence-electron chi connectivity index (χ2n) is 9.58. The minimum atomic E-state index is -0.369. The molecule has 0 saturated carbocycles. The fraction of sp³-hybridized carbons (Fsp3) is 0.407. The molecule has 6 nitrogen and oxygen atoms in total. The molecule has 1 atom stereocenters. The third-order valence-corrected chi connectivity index (χ3v) is 6.52. The summed E-state index contributed by atoms with van der Waals surface area (Å²) in [5, 5.41) is 0. The summed E-state index contributed by atoms with van der Waals surface area (Å²) in [6.07, 6.45) is 1.29. The maximum Gasteiger partial charge on any atom is 0.232 e. The Morgan fingerprint density at radius 3 is 2.06 bits per heavy atom. The van der Waals surface area contributed by atoms with Gasteiger partial charge in [0.25, 0.3) is 0 Å². The van der Waals surface area contributed by atoms with E-state index in [-0.39, 0.29) is 29.4 Å². The van der Waals surface area contributed by atoms with Gasteiger partial charge < -0.3 is 14.2 Å². The molecule has 2 aromatic carbocycles. The molecule has 0 saturated heterocycles. The van der Waals surface area contributed by atoms with Crippen LogP contribution in [0.25, 0.3) is 0 Å². The minimum Gasteiger partial charge on any atom is -0.493 e. The minimum absolute atomic E-state index is 0.0261. The Hall–Kier alpha value is -3.28. The van der Waals surface area contributed by atoms with Gasteiger partial charge in [-0.1, -0.05) is 31.5 Å². The van der Waals surface area contributed by atoms with Gasteiger partial charge >= 0.3 is 0 Å². The lowest BCUT2D eigenvalue weighted by Gasteiger charge is -2.43. The molecular formula is C27H31NO5. The van der Waals surface area contributed by atoms with Crippen LogP contribution < -0.4 is 19.1 Å². The third-order valence-electron chi connectivity index (χ3n) is 6.52. The Morgan fingerprint density at radius 2 is 1.52 bits per heavy atom. The lowest BCUT2D eigenvalue weighted by molar-refractivity contribution is -0.121. The monoisotopic (exact) mass is 449 g/mol. The molecule has 0 bridgehead atoms. The van der Waals surface area contributed by atoms with Crippen LogP contribution in [0.15, 0.2) is 47.7 Å². The highest BCUT2D eigenvalue weighted by Crippen LogP contribution is 2.50. The lowest BCUT2D eigenvalue weighted by atomic mass is 9.69. The van der Waals surface area contributed by atoms with Gasteiger partial charge in [-0.15, -0.1) is 0 Å². The van der Waals surface area contributed by atoms with Gasteiger partial charge in [0.15, 0.2) is 17.3 Å². The molecule has 4 rings (SSSR count). The molecule has 2 aromatic rings. The number of carbonyl (C=O) groups is 2. The molecule has 1 amide bonds. The zero-order chi connectivity index (χ0) is 23.9. The van der Waals surface area contributed by atoms with Gasteiger partial charge in [-0.25, -0.2) is 0 Å². The SMILES string of the molecule is COc1cc([C@@H]2CC(=O)N(c3ccc(C)cc3)C3=C2C(=O)CC(C)(C)C3)cc(OC)c1OC. The first-order chi connectivity index (χ1) is 15.7. The van der Waals surface area contributed by atoms with Crippen molar-refractivity contribution in [1.29, 1.82) is 0 Å². The van der Waals surface area contributed by atoms with Gasteiger partial charge in [-0.05, 0) is 48.6 Å². The molecule has 2 aliphatic rings. The second-order valence-corrected chi connectivity index (χ2v) is 9.58. The Kier molecular flexibility index (Phi) is 5.95. The van der Waals surface area contributed by atoms with Gasteiger partial charge in [0, 0.05) is 35.7 Å². The molecule has 6 heteroatoms. The number of carbonyl (C=O) groups excluding carboxylic acids is 2. The van der Waals surface area contributed by atoms with Crippen molar-refractivity contribution in [3.8, 4) is 17.2 Å². The van der Waals surface area contributed by atoms with E-state index in [9.17, 15) is 9.59 Å². The summed E-state index contributed by atoms with van der Waals surface area (Å²) in [7, 11) is 4.67. The Morgan fingerprint density at radius 1 is 0.909 bits per heavy atom. The van der Waals surface area contributed by atoms with Crippen molar-refractivity contribution >= 4 is 17.4 Å². The van der Waals surface area contributed by atoms with Crippen LogP contribution >= 0.6 is 0 Å². The highest BCUT2D eigenvalue weighted by atomic mass is 16.5. The van der Waals surface area contributed by atoms with E-state index < -0.39 is 0 Å². The van der Waals surface area contributed by atoms with Gasteiger partial charge in [-0.2, -0.15) is 0 Å². The molecule has 1 aliphatic carbocycles. The van der Waals surface area contributed by atoms with E-state index in [1.807, 2.05) is 43.3 Å². The average molecular weight is 450 g/mol. The molecule has 1 aliphatic heterocycles. The molecule has 0 aromatic heterocycles. The standard InChI is InChI=1S/C27H31NO5/c1-16-7-9-18(10-8-16)28-20-14-27(2,3)15-21(29)25(20)19(13-24(28)30)17-11-22(31-4)26(33-6)23(12-17)32-5/h7-12,19H,13-15H2,1-6H3/t19-/m0/s1. The van der Waals surface area contributed by atoms with Crippen LogP contribution in [0.3, 0.4) is 0 Å². The largest absolute Gasteiger partial charge is 0.493 e. The quantitative estimate of drug-likeness (QED) is 0.629. The molecule has 33 heavy (non-hydrogen) atoms. The Bertz CT molecular complexity index is 1100. The van der Waals surface area contributed by atoms with E-state index in [2.05, 4.69) is 13.8 Å². The average Bonchev–Trinajstić information content (AvgIpc) is 2.77. The number of rotatable bonds is 5. The highest BCUT2D eigenvalue weighted by molar-refractivity contribution is 6.07. The summed E-state index contributed by atoms with van der Waals surface area (Å²) in [6.45, 7) is 6.17. The summed E-state index contributed by atoms with van der Waals surface area (Å²) in [4.78, 5) is 28.8. The molecular weight excluding hydrogens is 418 g/mol. The van der Waals surface area contributed by atoms with E-state index in [1.54, 1.807) is 26.2 Å². The molecule has 0 unspecified atom stereocenters. The number of allylic oxidation sites excluding steroid dienone is 2. The summed E-state index contributed by atoms with van der Waals surface area (Å²) in [6, 6.07) is 11.6. The van der Waals surface area contributed by atoms with Crippen molar-refractivity contribution in [3.05, 3.63) is 58.8 Å². The number of hydrogen-bond acceptors (Lipinski definition) is 5. The zero-order valence-corrected chi connectivity index (χ0v) is 20.2. The van der Waals surface area contributed by atoms with Crippen LogP contribution in [-0.4, -0.2) is 33.0 Å². The molecule has 1 heterocycles. The van der Waals surface area contributed by atoms with Gasteiger partial charge in [0.1, 0.15) is 0 Å². The number of hydrogen-bond donors (Lipinski definition) is 0. The normalized spacial score (nSPS) is 19.9. The molecule has 0 radical (unpaired) electrons. The molecule has 0 fully saturated rings. The Labute approximate surface area is 195 Å². The van der Waals surface area contributed by atoms with Crippen LogP contribution in [-0.2, 0) is 9.59 Å². The number of Topliss-reactive ketones (excluding diaryl/α,β-unsaturated/α-hetero) is 1. The van der Waals surface area contributed by atoms with Crippen molar-refractivity contribution in [2.24, 2.45) is 5.41 Å². The van der Waals surface area contributed by atoms with Crippen LogP contribution in [0.5, 0.6) is 17.2 Å². The fourth-order valence-corrected chi connectivity index (χ4v) is 5.00. The van der Waals surface area contributed by atoms with E-state index in [1.165, 1.54) is 0 Å². The first kappa shape index (κ1) is 22.9. The maximum atomic E-state index is 13.6. The number of ketones is 1. The predicted molar refractivity (Wildman–Crippen MR) is 127 cm³/mol. The van der Waals surface area contributed by atoms with Gasteiger partial charge in [0.2, 0.25) is 11.7 Å². The van der Waals surface area contributed by atoms with E-state index in [0.717, 1.165) is 22.5 Å². The first-order valence-corrected chi connectivity index (χ1v) is 11.1. The van der Waals surface area contributed by atoms with Gasteiger partial charge in [-0.3, -0.25) is 14.5 Å². The number of aryl methyl sites for hydroxylation is 1. The predicted octanol–water partition coefficient (Wildman–Crippen LogP) is 5.18. The summed E-state index contributed by atoms with van der Waals surface area (Å²) in [5.74, 6) is 1.19. The smallest absolute Gasteiger partial charge is 0.232 e. The number of nitrogens with zero attached hydrogens (tertiary/aromatic N) is 1. The van der Waals surface area contributed by atoms with E-state index >= 15 is 0 Å². The number of benzene rings is 2. The van der Waals surface area contributed by atoms with Crippen LogP contribution in [0, 0.1) is 12.3 Å². The lowest BCUT2D eigenvalue weighted by Crippen LogP contribution is -2.43. The van der Waals surface area contributed by atoms with Gasteiger partial charge in [0.05, 0.1) is 21.3 Å². The van der Waals surface area contributed by atoms with Crippen LogP contribution in [0.1, 0.15) is 50.2 Å². The Balaban J connectivity index is 1.91. The zero-order valence-electron chi connectivity index (χ0n) is 20.2. The van der Waals surface area contributed by atoms with Crippen molar-refractivity contribution in [2.45, 2.75) is 46.0 Å². The third kappa shape index (κ3) is 4.10. The van der Waals surface area contributed by atoms with Crippen molar-refractivity contribution in [2.75, 3.05) is 26.2 Å². The summed E-state index contributed by atoms with van der Waals surface area (Å²) in [5.41, 5.74) is 4.01. The topological polar surface area (TPSA) is 65.1 Å². The summed E-state index contributed by atoms with van der Waals surface area (Å²) >= 11 is 0. The maximum absolute atomic E-state index is 13.6. The molecule has 0 N–H and O–H groups in total. The fourth-order valence-electron chi connectivity index (χ4n) is 5.00. The number of ether oxygens (including phenoxy) is 3. The second kappa shape index (κ2) is 8.58. The molecule has 174 valence electrons. The first-order valence-electron chi connectivity index (χ1n) is 11.1. The number of methoxy groups -OCH3 is 3. The van der Waals surface area contributed by atoms with Crippen LogP contribution in [0.4, 0.5) is 5.69 Å².